The van der Waals surface area contributed by atoms with Crippen LogP contribution in [0.3, 0.4) is 0 Å². The number of nitrogens with one attached hydrogen (secondary N) is 1. The summed E-state index contributed by atoms with van der Waals surface area (Å²) in [6.45, 7) is 0.296. The predicted molar refractivity (Wildman–Crippen MR) is 68.1 cm³/mol. The first-order valence-electron chi connectivity index (χ1n) is 5.60. The van der Waals surface area contributed by atoms with Crippen LogP contribution in [0.15, 0.2) is 30.3 Å². The Morgan fingerprint density at radius 3 is 2.65 bits per heavy atom. The van der Waals surface area contributed by atoms with Gasteiger partial charge in [-0.2, -0.15) is 5.26 Å². The maximum Gasteiger partial charge on any atom is 0.314 e. The molecule has 1 heterocycles. The van der Waals surface area contributed by atoms with Gasteiger partial charge in [0.2, 0.25) is 5.69 Å². The van der Waals surface area contributed by atoms with Crippen LogP contribution in [0.5, 0.6) is 0 Å². The molecule has 0 aliphatic rings. The molecule has 0 radical (unpaired) electrons. The second kappa shape index (κ2) is 5.62. The van der Waals surface area contributed by atoms with Gasteiger partial charge in [0.05, 0.1) is 6.54 Å². The Kier molecular flexibility index (Phi) is 3.72. The lowest BCUT2D eigenvalue weighted by Gasteiger charge is -2.06. The molecular weight excluding hydrogens is 260 g/mol. The monoisotopic (exact) mass is 270 g/mol. The molecule has 1 aromatic carbocycles. The highest BCUT2D eigenvalue weighted by atomic mass is 16.2. The first kappa shape index (κ1) is 13.2. The van der Waals surface area contributed by atoms with Gasteiger partial charge in [-0.1, -0.05) is 35.5 Å². The van der Waals surface area contributed by atoms with E-state index in [0.29, 0.717) is 6.54 Å². The van der Waals surface area contributed by atoms with Crippen LogP contribution in [0.25, 0.3) is 0 Å². The highest BCUT2D eigenvalue weighted by molar-refractivity contribution is 6.39. The van der Waals surface area contributed by atoms with E-state index in [4.69, 9.17) is 11.0 Å². The van der Waals surface area contributed by atoms with E-state index in [1.807, 2.05) is 30.3 Å². The Morgan fingerprint density at radius 1 is 1.35 bits per heavy atom. The lowest BCUT2D eigenvalue weighted by Crippen LogP contribution is -2.30. The van der Waals surface area contributed by atoms with Crippen molar-refractivity contribution in [2.24, 2.45) is 5.73 Å². The molecule has 0 aliphatic carbocycles. The molecule has 2 amide bonds. The fourth-order valence-electron chi connectivity index (χ4n) is 1.55. The van der Waals surface area contributed by atoms with E-state index in [9.17, 15) is 9.59 Å². The summed E-state index contributed by atoms with van der Waals surface area (Å²) in [7, 11) is 0. The fraction of sp³-hybridized carbons (Fsp3) is 0.0833. The molecule has 3 N–H and O–H groups in total. The zero-order valence-electron chi connectivity index (χ0n) is 10.3. The van der Waals surface area contributed by atoms with Crippen molar-refractivity contribution in [3.8, 4) is 6.07 Å². The minimum Gasteiger partial charge on any atom is -0.361 e. The number of hydrogen-bond acceptors (Lipinski definition) is 5. The Morgan fingerprint density at radius 2 is 2.05 bits per heavy atom. The highest BCUT2D eigenvalue weighted by Crippen LogP contribution is 2.13. The highest BCUT2D eigenvalue weighted by Gasteiger charge is 2.18. The van der Waals surface area contributed by atoms with E-state index in [2.05, 4.69) is 15.6 Å². The number of anilines is 1. The average molecular weight is 270 g/mol. The van der Waals surface area contributed by atoms with Crippen LogP contribution >= 0.6 is 0 Å². The van der Waals surface area contributed by atoms with E-state index in [0.717, 1.165) is 5.56 Å². The van der Waals surface area contributed by atoms with Crippen molar-refractivity contribution in [1.82, 2.24) is 15.0 Å². The third-order valence-corrected chi connectivity index (χ3v) is 2.47. The molecular formula is C12H10N6O2. The zero-order valence-corrected chi connectivity index (χ0v) is 10.3. The first-order chi connectivity index (χ1) is 9.61. The molecule has 0 bridgehead atoms. The first-order valence-corrected chi connectivity index (χ1v) is 5.60. The summed E-state index contributed by atoms with van der Waals surface area (Å²) >= 11 is 0. The summed E-state index contributed by atoms with van der Waals surface area (Å²) in [5.74, 6) is -2.14. The van der Waals surface area contributed by atoms with Gasteiger partial charge in [-0.3, -0.25) is 9.59 Å². The maximum atomic E-state index is 11.3. The molecule has 0 spiro atoms. The maximum absolute atomic E-state index is 11.3. The molecule has 0 fully saturated rings. The zero-order chi connectivity index (χ0) is 14.5. The second-order valence-corrected chi connectivity index (χ2v) is 3.86. The van der Waals surface area contributed by atoms with E-state index >= 15 is 0 Å². The van der Waals surface area contributed by atoms with Crippen molar-refractivity contribution in [3.05, 3.63) is 41.6 Å². The van der Waals surface area contributed by atoms with Crippen LogP contribution in [0.1, 0.15) is 11.3 Å². The molecule has 2 rings (SSSR count). The Labute approximate surface area is 113 Å². The molecule has 1 aromatic heterocycles. The molecule has 0 saturated carbocycles. The topological polar surface area (TPSA) is 127 Å². The lowest BCUT2D eigenvalue weighted by atomic mass is 10.2. The molecule has 2 aromatic rings. The van der Waals surface area contributed by atoms with Crippen LogP contribution in [0.2, 0.25) is 0 Å². The Bertz CT molecular complexity index is 686. The number of nitrogens with two attached hydrogens (primary N) is 1. The number of carbonyl (C=O) groups is 2. The van der Waals surface area contributed by atoms with E-state index < -0.39 is 11.8 Å². The van der Waals surface area contributed by atoms with Gasteiger partial charge in [0.15, 0.2) is 5.82 Å². The Balaban J connectivity index is 2.30. The summed E-state index contributed by atoms with van der Waals surface area (Å²) in [5, 5.41) is 18.5. The van der Waals surface area contributed by atoms with Gasteiger partial charge in [0.25, 0.3) is 0 Å². The number of amides is 2. The molecule has 0 atom stereocenters. The molecule has 20 heavy (non-hydrogen) atoms. The normalized spacial score (nSPS) is 9.75. The second-order valence-electron chi connectivity index (χ2n) is 3.86. The van der Waals surface area contributed by atoms with E-state index in [-0.39, 0.29) is 11.5 Å². The SMILES string of the molecule is N#Cc1nnn(Cc2ccccc2)c1NC(=O)C(N)=O. The number of hydrogen-bond donors (Lipinski definition) is 2. The molecule has 8 heteroatoms. The van der Waals surface area contributed by atoms with Crippen molar-refractivity contribution in [2.75, 3.05) is 5.32 Å². The number of nitrogens with zero attached hydrogens (tertiary/aromatic N) is 4. The van der Waals surface area contributed by atoms with Crippen molar-refractivity contribution in [2.45, 2.75) is 6.54 Å². The van der Waals surface area contributed by atoms with Crippen molar-refractivity contribution in [3.63, 3.8) is 0 Å². The number of rotatable bonds is 3. The van der Waals surface area contributed by atoms with Crippen molar-refractivity contribution < 1.29 is 9.59 Å². The number of benzene rings is 1. The van der Waals surface area contributed by atoms with Crippen LogP contribution in [0.4, 0.5) is 5.82 Å². The smallest absolute Gasteiger partial charge is 0.314 e. The molecule has 100 valence electrons. The van der Waals surface area contributed by atoms with Crippen molar-refractivity contribution >= 4 is 17.6 Å². The standard InChI is InChI=1S/C12H10N6O2/c13-6-9-11(15-12(20)10(14)19)18(17-16-9)7-8-4-2-1-3-5-8/h1-5H,7H2,(H2,14,19)(H,15,20). The quantitative estimate of drug-likeness (QED) is 0.735. The minimum atomic E-state index is -1.15. The summed E-state index contributed by atoms with van der Waals surface area (Å²) in [6.07, 6.45) is 0. The fourth-order valence-corrected chi connectivity index (χ4v) is 1.55. The van der Waals surface area contributed by atoms with Crippen LogP contribution in [0, 0.1) is 11.3 Å². The predicted octanol–water partition coefficient (Wildman–Crippen LogP) is -0.378. The van der Waals surface area contributed by atoms with Crippen molar-refractivity contribution in [1.29, 1.82) is 5.26 Å². The van der Waals surface area contributed by atoms with Gasteiger partial charge in [-0.15, -0.1) is 5.10 Å². The lowest BCUT2D eigenvalue weighted by molar-refractivity contribution is -0.134. The molecule has 8 nitrogen and oxygen atoms in total. The third-order valence-electron chi connectivity index (χ3n) is 2.47. The van der Waals surface area contributed by atoms with Gasteiger partial charge in [-0.05, 0) is 5.56 Å². The van der Waals surface area contributed by atoms with E-state index in [1.165, 1.54) is 4.68 Å². The summed E-state index contributed by atoms with van der Waals surface area (Å²) < 4.78 is 1.31. The minimum absolute atomic E-state index is 0.0418. The summed E-state index contributed by atoms with van der Waals surface area (Å²) in [4.78, 5) is 22.1. The van der Waals surface area contributed by atoms with Crippen LogP contribution in [-0.4, -0.2) is 26.8 Å². The van der Waals surface area contributed by atoms with Crippen LogP contribution in [-0.2, 0) is 16.1 Å². The van der Waals surface area contributed by atoms with Crippen LogP contribution < -0.4 is 11.1 Å². The number of nitriles is 1. The molecule has 0 unspecified atom stereocenters. The largest absolute Gasteiger partial charge is 0.361 e. The average Bonchev–Trinajstić information content (AvgIpc) is 2.82. The third kappa shape index (κ3) is 2.78. The number of aromatic nitrogens is 3. The molecule has 0 aliphatic heterocycles. The van der Waals surface area contributed by atoms with Gasteiger partial charge in [0, 0.05) is 0 Å². The number of primary amides is 1. The summed E-state index contributed by atoms with van der Waals surface area (Å²) in [6, 6.07) is 11.0. The van der Waals surface area contributed by atoms with Gasteiger partial charge in [-0.25, -0.2) is 4.68 Å². The molecule has 0 saturated heterocycles. The van der Waals surface area contributed by atoms with Gasteiger partial charge >= 0.3 is 11.8 Å². The van der Waals surface area contributed by atoms with E-state index in [1.54, 1.807) is 6.07 Å². The van der Waals surface area contributed by atoms with Gasteiger partial charge < -0.3 is 11.1 Å². The van der Waals surface area contributed by atoms with Gasteiger partial charge in [0.1, 0.15) is 6.07 Å². The number of carbonyl (C=O) groups excluding carboxylic acids is 2. The Hall–Kier alpha value is -3.21. The summed E-state index contributed by atoms with van der Waals surface area (Å²) in [5.41, 5.74) is 5.67.